The lowest BCUT2D eigenvalue weighted by Gasteiger charge is -2.09. The van der Waals surface area contributed by atoms with Crippen LogP contribution in [0.1, 0.15) is 24.0 Å². The number of carbonyl (C=O) groups excluding carboxylic acids is 2. The molecular weight excluding hydrogens is 318 g/mol. The summed E-state index contributed by atoms with van der Waals surface area (Å²) >= 11 is 0. The molecule has 1 aromatic carbocycles. The van der Waals surface area contributed by atoms with Crippen LogP contribution in [-0.2, 0) is 22.7 Å². The molecule has 0 spiro atoms. The molecule has 0 unspecified atom stereocenters. The van der Waals surface area contributed by atoms with Crippen molar-refractivity contribution >= 4 is 11.8 Å². The molecule has 2 N–H and O–H groups in total. The van der Waals surface area contributed by atoms with Gasteiger partial charge in [0.05, 0.1) is 6.54 Å². The third-order valence-corrected chi connectivity index (χ3v) is 3.89. The molecule has 1 saturated carbocycles. The molecule has 1 heterocycles. The SMILES string of the molecule is O=C(CNC(=O)C1CC1)NCc1ccnc(OCc2ccccc2)c1. The number of nitrogens with one attached hydrogen (secondary N) is 2. The number of hydrogen-bond acceptors (Lipinski definition) is 4. The van der Waals surface area contributed by atoms with E-state index in [0.717, 1.165) is 24.0 Å². The number of pyridine rings is 1. The fourth-order valence-corrected chi connectivity index (χ4v) is 2.29. The first-order chi connectivity index (χ1) is 12.2. The van der Waals surface area contributed by atoms with Gasteiger partial charge in [0.1, 0.15) is 6.61 Å². The molecule has 130 valence electrons. The van der Waals surface area contributed by atoms with Crippen molar-refractivity contribution < 1.29 is 14.3 Å². The maximum Gasteiger partial charge on any atom is 0.239 e. The molecule has 0 bridgehead atoms. The summed E-state index contributed by atoms with van der Waals surface area (Å²) in [4.78, 5) is 27.5. The van der Waals surface area contributed by atoms with Crippen LogP contribution in [0.2, 0.25) is 0 Å². The molecule has 1 aromatic heterocycles. The van der Waals surface area contributed by atoms with E-state index in [-0.39, 0.29) is 24.3 Å². The maximum absolute atomic E-state index is 11.8. The fraction of sp³-hybridized carbons (Fsp3) is 0.316. The second-order valence-corrected chi connectivity index (χ2v) is 6.05. The van der Waals surface area contributed by atoms with Crippen LogP contribution in [0, 0.1) is 5.92 Å². The van der Waals surface area contributed by atoms with Crippen LogP contribution in [0.15, 0.2) is 48.7 Å². The molecule has 3 rings (SSSR count). The van der Waals surface area contributed by atoms with E-state index in [9.17, 15) is 9.59 Å². The molecule has 1 fully saturated rings. The second kappa shape index (κ2) is 8.28. The lowest BCUT2D eigenvalue weighted by atomic mass is 10.2. The van der Waals surface area contributed by atoms with Gasteiger partial charge in [0.15, 0.2) is 0 Å². The Morgan fingerprint density at radius 3 is 2.64 bits per heavy atom. The number of aromatic nitrogens is 1. The Labute approximate surface area is 146 Å². The Morgan fingerprint density at radius 1 is 1.08 bits per heavy atom. The van der Waals surface area contributed by atoms with Gasteiger partial charge in [-0.2, -0.15) is 0 Å². The van der Waals surface area contributed by atoms with Crippen LogP contribution >= 0.6 is 0 Å². The summed E-state index contributed by atoms with van der Waals surface area (Å²) in [5.41, 5.74) is 1.95. The summed E-state index contributed by atoms with van der Waals surface area (Å²) in [7, 11) is 0. The predicted molar refractivity (Wildman–Crippen MR) is 92.6 cm³/mol. The van der Waals surface area contributed by atoms with E-state index < -0.39 is 0 Å². The number of benzene rings is 1. The highest BCUT2D eigenvalue weighted by Crippen LogP contribution is 2.28. The first-order valence-corrected chi connectivity index (χ1v) is 8.37. The Balaban J connectivity index is 1.43. The highest BCUT2D eigenvalue weighted by Gasteiger charge is 2.29. The van der Waals surface area contributed by atoms with Gasteiger partial charge in [-0.25, -0.2) is 4.98 Å². The van der Waals surface area contributed by atoms with Crippen LogP contribution in [0.5, 0.6) is 5.88 Å². The summed E-state index contributed by atoms with van der Waals surface area (Å²) in [5.74, 6) is 0.378. The summed E-state index contributed by atoms with van der Waals surface area (Å²) in [6.07, 6.45) is 3.50. The Hall–Kier alpha value is -2.89. The average Bonchev–Trinajstić information content (AvgIpc) is 3.49. The lowest BCUT2D eigenvalue weighted by Crippen LogP contribution is -2.37. The molecule has 25 heavy (non-hydrogen) atoms. The van der Waals surface area contributed by atoms with Crippen molar-refractivity contribution in [3.05, 3.63) is 59.8 Å². The molecule has 0 radical (unpaired) electrons. The quantitative estimate of drug-likeness (QED) is 0.768. The van der Waals surface area contributed by atoms with Crippen molar-refractivity contribution in [2.24, 2.45) is 5.92 Å². The zero-order valence-electron chi connectivity index (χ0n) is 13.9. The summed E-state index contributed by atoms with van der Waals surface area (Å²) in [5, 5.41) is 5.42. The zero-order chi connectivity index (χ0) is 17.5. The standard InChI is InChI=1S/C19H21N3O3/c23-17(12-22-19(24)16-6-7-16)21-11-15-8-9-20-18(10-15)25-13-14-4-2-1-3-5-14/h1-5,8-10,16H,6-7,11-13H2,(H,21,23)(H,22,24). The monoisotopic (exact) mass is 339 g/mol. The van der Waals surface area contributed by atoms with E-state index in [2.05, 4.69) is 15.6 Å². The van der Waals surface area contributed by atoms with Gasteiger partial charge in [0.25, 0.3) is 0 Å². The van der Waals surface area contributed by atoms with Crippen LogP contribution in [0.3, 0.4) is 0 Å². The zero-order valence-corrected chi connectivity index (χ0v) is 13.9. The molecule has 2 aromatic rings. The number of rotatable bonds is 8. The van der Waals surface area contributed by atoms with Gasteiger partial charge in [0, 0.05) is 24.7 Å². The molecular formula is C19H21N3O3. The van der Waals surface area contributed by atoms with E-state index in [1.165, 1.54) is 0 Å². The van der Waals surface area contributed by atoms with E-state index in [0.29, 0.717) is 19.0 Å². The second-order valence-electron chi connectivity index (χ2n) is 6.05. The number of nitrogens with zero attached hydrogens (tertiary/aromatic N) is 1. The van der Waals surface area contributed by atoms with Crippen molar-refractivity contribution in [2.45, 2.75) is 26.0 Å². The van der Waals surface area contributed by atoms with Crippen LogP contribution in [-0.4, -0.2) is 23.3 Å². The van der Waals surface area contributed by atoms with Gasteiger partial charge in [-0.1, -0.05) is 30.3 Å². The van der Waals surface area contributed by atoms with E-state index in [4.69, 9.17) is 4.74 Å². The smallest absolute Gasteiger partial charge is 0.239 e. The van der Waals surface area contributed by atoms with Gasteiger partial charge < -0.3 is 15.4 Å². The average molecular weight is 339 g/mol. The number of ether oxygens (including phenoxy) is 1. The van der Waals surface area contributed by atoms with Crippen LogP contribution < -0.4 is 15.4 Å². The highest BCUT2D eigenvalue weighted by molar-refractivity contribution is 5.86. The molecule has 0 aliphatic heterocycles. The van der Waals surface area contributed by atoms with Gasteiger partial charge in [-0.05, 0) is 30.0 Å². The Morgan fingerprint density at radius 2 is 1.88 bits per heavy atom. The molecule has 0 saturated heterocycles. The molecule has 1 aliphatic carbocycles. The van der Waals surface area contributed by atoms with Crippen molar-refractivity contribution in [3.8, 4) is 5.88 Å². The van der Waals surface area contributed by atoms with E-state index >= 15 is 0 Å². The largest absolute Gasteiger partial charge is 0.473 e. The number of amides is 2. The predicted octanol–water partition coefficient (Wildman–Crippen LogP) is 1.80. The lowest BCUT2D eigenvalue weighted by molar-refractivity contribution is -0.126. The number of hydrogen-bond donors (Lipinski definition) is 2. The van der Waals surface area contributed by atoms with Crippen molar-refractivity contribution in [3.63, 3.8) is 0 Å². The molecule has 1 aliphatic rings. The molecule has 0 atom stereocenters. The fourth-order valence-electron chi connectivity index (χ4n) is 2.29. The summed E-state index contributed by atoms with van der Waals surface area (Å²) in [6.45, 7) is 0.816. The van der Waals surface area contributed by atoms with Crippen molar-refractivity contribution in [2.75, 3.05) is 6.54 Å². The summed E-state index contributed by atoms with van der Waals surface area (Å²) < 4.78 is 5.67. The van der Waals surface area contributed by atoms with Gasteiger partial charge in [0.2, 0.25) is 17.7 Å². The first-order valence-electron chi connectivity index (χ1n) is 8.37. The number of carbonyl (C=O) groups is 2. The normalized spacial score (nSPS) is 13.1. The third-order valence-electron chi connectivity index (χ3n) is 3.89. The van der Waals surface area contributed by atoms with Crippen LogP contribution in [0.4, 0.5) is 0 Å². The highest BCUT2D eigenvalue weighted by atomic mass is 16.5. The maximum atomic E-state index is 11.8. The first kappa shape index (κ1) is 17.0. The minimum Gasteiger partial charge on any atom is -0.473 e. The topological polar surface area (TPSA) is 80.3 Å². The van der Waals surface area contributed by atoms with Gasteiger partial charge in [-0.15, -0.1) is 0 Å². The van der Waals surface area contributed by atoms with E-state index in [1.807, 2.05) is 36.4 Å². The van der Waals surface area contributed by atoms with Crippen LogP contribution in [0.25, 0.3) is 0 Å². The Bertz CT molecular complexity index is 730. The van der Waals surface area contributed by atoms with Crippen molar-refractivity contribution in [1.82, 2.24) is 15.6 Å². The minimum absolute atomic E-state index is 0.0117. The molecule has 6 nitrogen and oxygen atoms in total. The van der Waals surface area contributed by atoms with Gasteiger partial charge in [-0.3, -0.25) is 9.59 Å². The van der Waals surface area contributed by atoms with E-state index in [1.54, 1.807) is 12.3 Å². The molecule has 2 amide bonds. The Kier molecular flexibility index (Phi) is 5.61. The molecule has 6 heteroatoms. The van der Waals surface area contributed by atoms with Gasteiger partial charge >= 0.3 is 0 Å². The minimum atomic E-state index is -0.211. The summed E-state index contributed by atoms with van der Waals surface area (Å²) in [6, 6.07) is 13.5. The third kappa shape index (κ3) is 5.60. The van der Waals surface area contributed by atoms with Crippen molar-refractivity contribution in [1.29, 1.82) is 0 Å².